The number of aromatic nitrogens is 2. The average Bonchev–Trinajstić information content (AvgIpc) is 2.58. The van der Waals surface area contributed by atoms with E-state index in [1.54, 1.807) is 6.07 Å². The minimum atomic E-state index is -0.206. The molecule has 0 aliphatic carbocycles. The molecule has 1 amide bonds. The van der Waals surface area contributed by atoms with Gasteiger partial charge < -0.3 is 9.88 Å². The zero-order valence-electron chi connectivity index (χ0n) is 13.2. The quantitative estimate of drug-likeness (QED) is 0.880. The predicted molar refractivity (Wildman–Crippen MR) is 93.0 cm³/mol. The SMILES string of the molecule is CC[C@@H]1CCCCN1C(=O)Cn1c(=S)[nH]c2ccccc2c1=O. The summed E-state index contributed by atoms with van der Waals surface area (Å²) in [6.07, 6.45) is 4.19. The van der Waals surface area contributed by atoms with E-state index in [1.165, 1.54) is 4.57 Å². The number of likely N-dealkylation sites (tertiary alicyclic amines) is 1. The van der Waals surface area contributed by atoms with Gasteiger partial charge in [0.25, 0.3) is 5.56 Å². The summed E-state index contributed by atoms with van der Waals surface area (Å²) in [5.74, 6) is -0.0200. The van der Waals surface area contributed by atoms with Gasteiger partial charge in [0, 0.05) is 12.6 Å². The van der Waals surface area contributed by atoms with E-state index < -0.39 is 0 Å². The second-order valence-electron chi connectivity index (χ2n) is 6.01. The minimum absolute atomic E-state index is 0.00943. The Morgan fingerprint density at radius 3 is 2.91 bits per heavy atom. The van der Waals surface area contributed by atoms with Gasteiger partial charge in [0.2, 0.25) is 5.91 Å². The van der Waals surface area contributed by atoms with E-state index in [2.05, 4.69) is 11.9 Å². The number of nitrogens with zero attached hydrogens (tertiary/aromatic N) is 2. The molecule has 122 valence electrons. The topological polar surface area (TPSA) is 58.1 Å². The summed E-state index contributed by atoms with van der Waals surface area (Å²) in [5, 5.41) is 0.555. The van der Waals surface area contributed by atoms with Crippen LogP contribution < -0.4 is 5.56 Å². The van der Waals surface area contributed by atoms with Crippen LogP contribution in [0.5, 0.6) is 0 Å². The predicted octanol–water partition coefficient (Wildman–Crippen LogP) is 2.85. The van der Waals surface area contributed by atoms with Gasteiger partial charge in [-0.05, 0) is 50.0 Å². The Morgan fingerprint density at radius 1 is 1.35 bits per heavy atom. The molecule has 3 rings (SSSR count). The fourth-order valence-electron chi connectivity index (χ4n) is 3.32. The van der Waals surface area contributed by atoms with Crippen molar-refractivity contribution in [2.75, 3.05) is 6.54 Å². The van der Waals surface area contributed by atoms with Crippen molar-refractivity contribution in [1.29, 1.82) is 0 Å². The third-order valence-electron chi connectivity index (χ3n) is 4.60. The highest BCUT2D eigenvalue weighted by atomic mass is 32.1. The third kappa shape index (κ3) is 3.08. The fraction of sp³-hybridized carbons (Fsp3) is 0.471. The highest BCUT2D eigenvalue weighted by Gasteiger charge is 2.25. The lowest BCUT2D eigenvalue weighted by Crippen LogP contribution is -2.45. The van der Waals surface area contributed by atoms with Crippen LogP contribution in [0.15, 0.2) is 29.1 Å². The van der Waals surface area contributed by atoms with E-state index in [1.807, 2.05) is 23.1 Å². The van der Waals surface area contributed by atoms with Gasteiger partial charge in [0.05, 0.1) is 10.9 Å². The van der Waals surface area contributed by atoms with E-state index in [0.717, 1.165) is 32.2 Å². The number of aromatic amines is 1. The van der Waals surface area contributed by atoms with Crippen LogP contribution in [0.25, 0.3) is 10.9 Å². The maximum Gasteiger partial charge on any atom is 0.262 e. The van der Waals surface area contributed by atoms with Gasteiger partial charge >= 0.3 is 0 Å². The average molecular weight is 331 g/mol. The normalized spacial score (nSPS) is 18.3. The second-order valence-corrected chi connectivity index (χ2v) is 6.40. The van der Waals surface area contributed by atoms with Crippen molar-refractivity contribution in [3.8, 4) is 0 Å². The summed E-state index contributed by atoms with van der Waals surface area (Å²) in [6, 6.07) is 7.51. The van der Waals surface area contributed by atoms with Gasteiger partial charge in [-0.1, -0.05) is 19.1 Å². The van der Waals surface area contributed by atoms with Crippen LogP contribution in [0, 0.1) is 4.77 Å². The molecule has 1 atom stereocenters. The molecule has 2 aromatic rings. The van der Waals surface area contributed by atoms with Crippen LogP contribution in [0.2, 0.25) is 0 Å². The second kappa shape index (κ2) is 6.66. The Balaban J connectivity index is 1.93. The lowest BCUT2D eigenvalue weighted by Gasteiger charge is -2.35. The maximum atomic E-state index is 12.7. The molecule has 1 saturated heterocycles. The molecule has 1 aliphatic heterocycles. The largest absolute Gasteiger partial charge is 0.338 e. The highest BCUT2D eigenvalue weighted by molar-refractivity contribution is 7.71. The Hall–Kier alpha value is -1.95. The third-order valence-corrected chi connectivity index (χ3v) is 4.92. The Bertz CT molecular complexity index is 840. The number of amides is 1. The Kier molecular flexibility index (Phi) is 4.61. The Labute approximate surface area is 139 Å². The number of para-hydroxylation sites is 1. The summed E-state index contributed by atoms with van der Waals surface area (Å²) in [4.78, 5) is 30.3. The summed E-state index contributed by atoms with van der Waals surface area (Å²) < 4.78 is 1.67. The molecule has 1 aromatic carbocycles. The Morgan fingerprint density at radius 2 is 2.13 bits per heavy atom. The molecule has 5 nitrogen and oxygen atoms in total. The number of hydrogen-bond acceptors (Lipinski definition) is 3. The summed E-state index contributed by atoms with van der Waals surface area (Å²) in [7, 11) is 0. The van der Waals surface area contributed by atoms with Crippen LogP contribution >= 0.6 is 12.2 Å². The molecule has 23 heavy (non-hydrogen) atoms. The number of benzene rings is 1. The zero-order valence-corrected chi connectivity index (χ0v) is 14.1. The zero-order chi connectivity index (χ0) is 16.4. The standard InChI is InChI=1S/C17H21N3O2S/c1-2-12-7-5-6-10-19(12)15(21)11-20-16(22)13-8-3-4-9-14(13)18-17(20)23/h3-4,8-9,12H,2,5-7,10-11H2,1H3,(H,18,23)/t12-/m1/s1. The molecule has 1 aromatic heterocycles. The molecular weight excluding hydrogens is 310 g/mol. The van der Waals surface area contributed by atoms with E-state index >= 15 is 0 Å². The van der Waals surface area contributed by atoms with Crippen LogP contribution in [0.4, 0.5) is 0 Å². The first-order valence-electron chi connectivity index (χ1n) is 8.13. The first kappa shape index (κ1) is 15.9. The van der Waals surface area contributed by atoms with Gasteiger partial charge in [0.15, 0.2) is 4.77 Å². The fourth-order valence-corrected chi connectivity index (χ4v) is 3.58. The molecule has 0 bridgehead atoms. The molecule has 1 N–H and O–H groups in total. The molecule has 0 radical (unpaired) electrons. The number of H-pyrrole nitrogens is 1. The molecule has 0 unspecified atom stereocenters. The number of piperidine rings is 1. The summed E-state index contributed by atoms with van der Waals surface area (Å²) in [5.41, 5.74) is 0.498. The number of carbonyl (C=O) groups excluding carboxylic acids is 1. The van der Waals surface area contributed by atoms with Gasteiger partial charge in [-0.15, -0.1) is 0 Å². The van der Waals surface area contributed by atoms with E-state index in [0.29, 0.717) is 15.7 Å². The van der Waals surface area contributed by atoms with Crippen LogP contribution in [-0.4, -0.2) is 32.9 Å². The lowest BCUT2D eigenvalue weighted by molar-refractivity contribution is -0.135. The minimum Gasteiger partial charge on any atom is -0.338 e. The van der Waals surface area contributed by atoms with Gasteiger partial charge in [-0.3, -0.25) is 14.2 Å². The number of fused-ring (bicyclic) bond motifs is 1. The molecule has 0 spiro atoms. The number of rotatable bonds is 3. The van der Waals surface area contributed by atoms with Crippen molar-refractivity contribution in [3.63, 3.8) is 0 Å². The summed E-state index contributed by atoms with van der Waals surface area (Å²) in [6.45, 7) is 2.89. The van der Waals surface area contributed by atoms with Gasteiger partial charge in [-0.2, -0.15) is 0 Å². The van der Waals surface area contributed by atoms with Crippen molar-refractivity contribution < 1.29 is 4.79 Å². The first-order valence-corrected chi connectivity index (χ1v) is 8.54. The van der Waals surface area contributed by atoms with Crippen molar-refractivity contribution in [2.24, 2.45) is 0 Å². The summed E-state index contributed by atoms with van der Waals surface area (Å²) >= 11 is 5.28. The van der Waals surface area contributed by atoms with Crippen molar-refractivity contribution >= 4 is 29.0 Å². The van der Waals surface area contributed by atoms with E-state index in [-0.39, 0.29) is 24.1 Å². The number of hydrogen-bond donors (Lipinski definition) is 1. The van der Waals surface area contributed by atoms with Crippen LogP contribution in [0.1, 0.15) is 32.6 Å². The molecular formula is C17H21N3O2S. The molecule has 0 saturated carbocycles. The number of carbonyl (C=O) groups is 1. The van der Waals surface area contributed by atoms with Crippen molar-refractivity contribution in [2.45, 2.75) is 45.2 Å². The first-order chi connectivity index (χ1) is 11.1. The molecule has 2 heterocycles. The maximum absolute atomic E-state index is 12.7. The van der Waals surface area contributed by atoms with Crippen molar-refractivity contribution in [3.05, 3.63) is 39.4 Å². The van der Waals surface area contributed by atoms with Crippen LogP contribution in [0.3, 0.4) is 0 Å². The highest BCUT2D eigenvalue weighted by Crippen LogP contribution is 2.19. The molecule has 1 fully saturated rings. The van der Waals surface area contributed by atoms with Gasteiger partial charge in [0.1, 0.15) is 6.54 Å². The van der Waals surface area contributed by atoms with Gasteiger partial charge in [-0.25, -0.2) is 0 Å². The molecule has 6 heteroatoms. The van der Waals surface area contributed by atoms with E-state index in [4.69, 9.17) is 12.2 Å². The van der Waals surface area contributed by atoms with Crippen LogP contribution in [-0.2, 0) is 11.3 Å². The molecule has 1 aliphatic rings. The lowest BCUT2D eigenvalue weighted by atomic mass is 10.00. The number of nitrogens with one attached hydrogen (secondary N) is 1. The van der Waals surface area contributed by atoms with E-state index in [9.17, 15) is 9.59 Å². The van der Waals surface area contributed by atoms with Crippen molar-refractivity contribution in [1.82, 2.24) is 14.5 Å². The monoisotopic (exact) mass is 331 g/mol. The smallest absolute Gasteiger partial charge is 0.262 e.